The molecule has 0 N–H and O–H groups in total. The third-order valence-corrected chi connectivity index (χ3v) is 6.42. The van der Waals surface area contributed by atoms with E-state index in [2.05, 4.69) is 14.8 Å². The zero-order valence-corrected chi connectivity index (χ0v) is 16.6. The number of aromatic nitrogens is 1. The lowest BCUT2D eigenvalue weighted by Crippen LogP contribution is -2.50. The van der Waals surface area contributed by atoms with Crippen LogP contribution in [0.2, 0.25) is 0 Å². The van der Waals surface area contributed by atoms with E-state index in [1.54, 1.807) is 11.3 Å². The van der Waals surface area contributed by atoms with Crippen molar-refractivity contribution in [2.24, 2.45) is 0 Å². The summed E-state index contributed by atoms with van der Waals surface area (Å²) in [5, 5.41) is 1.13. The van der Waals surface area contributed by atoms with E-state index in [1.165, 1.54) is 0 Å². The van der Waals surface area contributed by atoms with Gasteiger partial charge in [0.2, 0.25) is 5.91 Å². The van der Waals surface area contributed by atoms with Crippen molar-refractivity contribution in [3.8, 4) is 11.5 Å². The average Bonchev–Trinajstić information content (AvgIpc) is 3.37. The maximum Gasteiger partial charge on any atom is 0.228 e. The lowest BCUT2D eigenvalue weighted by atomic mass is 10.2. The Morgan fingerprint density at radius 1 is 1.11 bits per heavy atom. The van der Waals surface area contributed by atoms with E-state index in [4.69, 9.17) is 9.47 Å². The SMILES string of the molecule is O=C1CCCN1c1ncsc1N1CCN(CC2COc3ccccc3O2)CC1. The van der Waals surface area contributed by atoms with Gasteiger partial charge in [0, 0.05) is 45.7 Å². The highest BCUT2D eigenvalue weighted by Crippen LogP contribution is 2.36. The topological polar surface area (TPSA) is 58.1 Å². The largest absolute Gasteiger partial charge is 0.486 e. The van der Waals surface area contributed by atoms with Gasteiger partial charge in [0.05, 0.1) is 5.51 Å². The molecule has 28 heavy (non-hydrogen) atoms. The summed E-state index contributed by atoms with van der Waals surface area (Å²) in [5.74, 6) is 2.71. The van der Waals surface area contributed by atoms with E-state index in [0.717, 1.165) is 68.0 Å². The summed E-state index contributed by atoms with van der Waals surface area (Å²) in [5.41, 5.74) is 1.85. The predicted molar refractivity (Wildman–Crippen MR) is 109 cm³/mol. The van der Waals surface area contributed by atoms with Crippen LogP contribution < -0.4 is 19.3 Å². The number of rotatable bonds is 4. The van der Waals surface area contributed by atoms with Crippen LogP contribution in [0.5, 0.6) is 11.5 Å². The molecule has 3 aliphatic heterocycles. The molecular formula is C20H24N4O3S. The van der Waals surface area contributed by atoms with Crippen LogP contribution in [0.25, 0.3) is 0 Å². The molecule has 0 aliphatic carbocycles. The highest BCUT2D eigenvalue weighted by atomic mass is 32.1. The van der Waals surface area contributed by atoms with Crippen molar-refractivity contribution in [3.05, 3.63) is 29.8 Å². The highest BCUT2D eigenvalue weighted by Gasteiger charge is 2.30. The van der Waals surface area contributed by atoms with Crippen LogP contribution in [0, 0.1) is 0 Å². The van der Waals surface area contributed by atoms with Gasteiger partial charge in [-0.15, -0.1) is 11.3 Å². The molecule has 2 fully saturated rings. The van der Waals surface area contributed by atoms with Gasteiger partial charge in [-0.3, -0.25) is 14.6 Å². The maximum absolute atomic E-state index is 12.1. The Hall–Kier alpha value is -2.32. The van der Waals surface area contributed by atoms with E-state index in [1.807, 2.05) is 34.7 Å². The van der Waals surface area contributed by atoms with Gasteiger partial charge in [-0.2, -0.15) is 0 Å². The molecule has 8 heteroatoms. The Labute approximate surface area is 168 Å². The molecule has 7 nitrogen and oxygen atoms in total. The van der Waals surface area contributed by atoms with Gasteiger partial charge >= 0.3 is 0 Å². The van der Waals surface area contributed by atoms with Gasteiger partial charge in [0.15, 0.2) is 17.3 Å². The Bertz CT molecular complexity index is 849. The van der Waals surface area contributed by atoms with Crippen molar-refractivity contribution in [2.45, 2.75) is 18.9 Å². The number of hydrogen-bond donors (Lipinski definition) is 0. The lowest BCUT2D eigenvalue weighted by molar-refractivity contribution is -0.117. The summed E-state index contributed by atoms with van der Waals surface area (Å²) in [7, 11) is 0. The minimum Gasteiger partial charge on any atom is -0.486 e. The number of benzene rings is 1. The predicted octanol–water partition coefficient (Wildman–Crippen LogP) is 2.23. The molecule has 4 heterocycles. The minimum atomic E-state index is 0.0580. The van der Waals surface area contributed by atoms with Crippen LogP contribution in [0.15, 0.2) is 29.8 Å². The quantitative estimate of drug-likeness (QED) is 0.785. The number of hydrogen-bond acceptors (Lipinski definition) is 7. The smallest absolute Gasteiger partial charge is 0.228 e. The lowest BCUT2D eigenvalue weighted by Gasteiger charge is -2.38. The van der Waals surface area contributed by atoms with Crippen LogP contribution in [0.1, 0.15) is 12.8 Å². The van der Waals surface area contributed by atoms with Crippen molar-refractivity contribution in [1.29, 1.82) is 0 Å². The van der Waals surface area contributed by atoms with Gasteiger partial charge < -0.3 is 14.4 Å². The summed E-state index contributed by atoms with van der Waals surface area (Å²) in [6, 6.07) is 7.85. The number of thiazole rings is 1. The third-order valence-electron chi connectivity index (χ3n) is 5.55. The van der Waals surface area contributed by atoms with Crippen LogP contribution in [0.3, 0.4) is 0 Å². The second-order valence-corrected chi connectivity index (χ2v) is 8.25. The molecule has 1 unspecified atom stereocenters. The Kier molecular flexibility index (Phi) is 4.82. The van der Waals surface area contributed by atoms with E-state index in [9.17, 15) is 4.79 Å². The number of fused-ring (bicyclic) bond motifs is 1. The average molecular weight is 401 g/mol. The number of anilines is 2. The summed E-state index contributed by atoms with van der Waals surface area (Å²) >= 11 is 1.63. The second kappa shape index (κ2) is 7.60. The molecule has 1 aromatic carbocycles. The molecule has 5 rings (SSSR count). The molecule has 1 atom stereocenters. The molecule has 2 aromatic rings. The standard InChI is InChI=1S/C20H24N4O3S/c25-18-6-3-7-24(18)19-20(28-14-21-19)23-10-8-22(9-11-23)12-15-13-26-16-4-1-2-5-17(16)27-15/h1-2,4-5,14-15H,3,6-13H2. The summed E-state index contributed by atoms with van der Waals surface area (Å²) in [6.45, 7) is 6.04. The first kappa shape index (κ1) is 17.8. The van der Waals surface area contributed by atoms with Gasteiger partial charge in [-0.05, 0) is 18.6 Å². The van der Waals surface area contributed by atoms with Gasteiger partial charge in [0.25, 0.3) is 0 Å². The van der Waals surface area contributed by atoms with E-state index in [-0.39, 0.29) is 12.0 Å². The molecular weight excluding hydrogens is 376 g/mol. The van der Waals surface area contributed by atoms with Crippen LogP contribution in [-0.4, -0.2) is 67.8 Å². The minimum absolute atomic E-state index is 0.0580. The fourth-order valence-electron chi connectivity index (χ4n) is 4.08. The molecule has 148 valence electrons. The zero-order valence-electron chi connectivity index (χ0n) is 15.7. The van der Waals surface area contributed by atoms with E-state index < -0.39 is 0 Å². The number of amides is 1. The van der Waals surface area contributed by atoms with Crippen molar-refractivity contribution >= 4 is 28.1 Å². The number of piperazine rings is 1. The molecule has 0 radical (unpaired) electrons. The number of ether oxygens (including phenoxy) is 2. The Balaban J connectivity index is 1.18. The molecule has 0 spiro atoms. The molecule has 2 saturated heterocycles. The summed E-state index contributed by atoms with van der Waals surface area (Å²) < 4.78 is 11.9. The number of para-hydroxylation sites is 2. The third kappa shape index (κ3) is 3.42. The molecule has 1 amide bonds. The zero-order chi connectivity index (χ0) is 18.9. The van der Waals surface area contributed by atoms with Gasteiger partial charge in [-0.1, -0.05) is 12.1 Å². The summed E-state index contributed by atoms with van der Waals surface area (Å²) in [6.07, 6.45) is 1.62. The highest BCUT2D eigenvalue weighted by molar-refractivity contribution is 7.14. The van der Waals surface area contributed by atoms with Crippen molar-refractivity contribution in [2.75, 3.05) is 55.7 Å². The van der Waals surface area contributed by atoms with Crippen molar-refractivity contribution < 1.29 is 14.3 Å². The number of carbonyl (C=O) groups excluding carboxylic acids is 1. The van der Waals surface area contributed by atoms with Crippen molar-refractivity contribution in [1.82, 2.24) is 9.88 Å². The first-order chi connectivity index (χ1) is 13.8. The molecule has 0 bridgehead atoms. The Morgan fingerprint density at radius 3 is 2.71 bits per heavy atom. The van der Waals surface area contributed by atoms with Crippen LogP contribution in [0.4, 0.5) is 10.8 Å². The number of carbonyl (C=O) groups is 1. The Morgan fingerprint density at radius 2 is 1.93 bits per heavy atom. The second-order valence-electron chi connectivity index (χ2n) is 7.42. The van der Waals surface area contributed by atoms with E-state index >= 15 is 0 Å². The van der Waals surface area contributed by atoms with Gasteiger partial charge in [-0.25, -0.2) is 4.98 Å². The van der Waals surface area contributed by atoms with Crippen LogP contribution >= 0.6 is 11.3 Å². The fraction of sp³-hybridized carbons (Fsp3) is 0.500. The van der Waals surface area contributed by atoms with E-state index in [0.29, 0.717) is 13.0 Å². The molecule has 3 aliphatic rings. The first-order valence-corrected chi connectivity index (χ1v) is 10.8. The normalized spacial score (nSPS) is 22.7. The summed E-state index contributed by atoms with van der Waals surface area (Å²) in [4.78, 5) is 23.2. The fourth-order valence-corrected chi connectivity index (χ4v) is 4.93. The van der Waals surface area contributed by atoms with Crippen molar-refractivity contribution in [3.63, 3.8) is 0 Å². The van der Waals surface area contributed by atoms with Gasteiger partial charge in [0.1, 0.15) is 17.7 Å². The first-order valence-electron chi connectivity index (χ1n) is 9.87. The molecule has 1 aromatic heterocycles. The monoisotopic (exact) mass is 400 g/mol. The molecule has 0 saturated carbocycles. The van der Waals surface area contributed by atoms with Crippen LogP contribution in [-0.2, 0) is 4.79 Å². The number of nitrogens with zero attached hydrogens (tertiary/aromatic N) is 4. The maximum atomic E-state index is 12.1.